The summed E-state index contributed by atoms with van der Waals surface area (Å²) in [5, 5.41) is 0. The van der Waals surface area contributed by atoms with E-state index >= 15 is 0 Å². The lowest BCUT2D eigenvalue weighted by molar-refractivity contribution is 0.892. The topological polar surface area (TPSA) is 28.7 Å². The van der Waals surface area contributed by atoms with Crippen molar-refractivity contribution >= 4 is 0 Å². The summed E-state index contributed by atoms with van der Waals surface area (Å²) in [5.41, 5.74) is 1.16. The van der Waals surface area contributed by atoms with Crippen LogP contribution in [-0.2, 0) is 6.42 Å². The summed E-state index contributed by atoms with van der Waals surface area (Å²) in [6.07, 6.45) is 5.91. The van der Waals surface area contributed by atoms with Gasteiger partial charge in [-0.05, 0) is 6.42 Å². The van der Waals surface area contributed by atoms with Crippen molar-refractivity contribution in [1.29, 1.82) is 0 Å². The number of nitrogens with zero attached hydrogens (tertiary/aromatic N) is 1. The molecule has 0 aliphatic carbocycles. The highest BCUT2D eigenvalue weighted by atomic mass is 14.9. The van der Waals surface area contributed by atoms with Crippen LogP contribution in [0.1, 0.15) is 19.0 Å². The highest BCUT2D eigenvalue weighted by Crippen LogP contribution is 1.93. The number of rotatable bonds is 2. The molecule has 0 bridgehead atoms. The number of aryl methyl sites for hydroxylation is 1. The van der Waals surface area contributed by atoms with Crippen LogP contribution in [-0.4, -0.2) is 9.97 Å². The van der Waals surface area contributed by atoms with Gasteiger partial charge in [0, 0.05) is 6.20 Å². The molecule has 0 aliphatic rings. The van der Waals surface area contributed by atoms with E-state index in [-0.39, 0.29) is 0 Å². The molecular weight excluding hydrogens is 100 g/mol. The molecule has 0 atom stereocenters. The van der Waals surface area contributed by atoms with E-state index in [1.807, 2.05) is 6.20 Å². The first kappa shape index (κ1) is 5.35. The van der Waals surface area contributed by atoms with Crippen molar-refractivity contribution in [2.75, 3.05) is 0 Å². The summed E-state index contributed by atoms with van der Waals surface area (Å²) >= 11 is 0. The molecule has 44 valence electrons. The second-order valence-electron chi connectivity index (χ2n) is 1.81. The molecule has 0 saturated carbocycles. The highest BCUT2D eigenvalue weighted by molar-refractivity contribution is 4.93. The van der Waals surface area contributed by atoms with Gasteiger partial charge in [0.2, 0.25) is 0 Å². The molecule has 0 radical (unpaired) electrons. The predicted molar refractivity (Wildman–Crippen MR) is 32.6 cm³/mol. The zero-order chi connectivity index (χ0) is 5.82. The molecule has 1 N–H and O–H groups in total. The minimum Gasteiger partial charge on any atom is -0.351 e. The Kier molecular flexibility index (Phi) is 1.67. The van der Waals surface area contributed by atoms with Crippen LogP contribution in [0.15, 0.2) is 12.5 Å². The fraction of sp³-hybridized carbons (Fsp3) is 0.500. The van der Waals surface area contributed by atoms with E-state index in [1.54, 1.807) is 6.33 Å². The maximum absolute atomic E-state index is 4.05. The Balaban J connectivity index is 2.50. The molecule has 1 heterocycles. The average Bonchev–Trinajstić information content (AvgIpc) is 2.19. The molecule has 0 aromatic carbocycles. The number of hydrogen-bond donors (Lipinski definition) is 1. The van der Waals surface area contributed by atoms with Crippen LogP contribution in [0.25, 0.3) is 0 Å². The van der Waals surface area contributed by atoms with E-state index in [9.17, 15) is 0 Å². The monoisotopic (exact) mass is 110 g/mol. The maximum atomic E-state index is 4.05. The number of hydrogen-bond acceptors (Lipinski definition) is 1. The van der Waals surface area contributed by atoms with Crippen molar-refractivity contribution in [2.45, 2.75) is 19.8 Å². The molecule has 0 spiro atoms. The predicted octanol–water partition coefficient (Wildman–Crippen LogP) is 1.36. The zero-order valence-electron chi connectivity index (χ0n) is 5.02. The fourth-order valence-corrected chi connectivity index (χ4v) is 0.684. The van der Waals surface area contributed by atoms with Gasteiger partial charge in [0.15, 0.2) is 0 Å². The molecule has 1 aromatic heterocycles. The number of aromatic nitrogens is 2. The van der Waals surface area contributed by atoms with E-state index < -0.39 is 0 Å². The molecule has 1 rings (SSSR count). The van der Waals surface area contributed by atoms with E-state index in [4.69, 9.17) is 0 Å². The van der Waals surface area contributed by atoms with Gasteiger partial charge in [-0.25, -0.2) is 4.98 Å². The number of aromatic amines is 1. The van der Waals surface area contributed by atoms with Crippen LogP contribution >= 0.6 is 0 Å². The Morgan fingerprint density at radius 3 is 3.12 bits per heavy atom. The second kappa shape index (κ2) is 2.50. The summed E-state index contributed by atoms with van der Waals surface area (Å²) in [6, 6.07) is 0. The summed E-state index contributed by atoms with van der Waals surface area (Å²) in [5.74, 6) is 0. The zero-order valence-corrected chi connectivity index (χ0v) is 5.02. The molecule has 0 unspecified atom stereocenters. The summed E-state index contributed by atoms with van der Waals surface area (Å²) in [6.45, 7) is 2.15. The van der Waals surface area contributed by atoms with Gasteiger partial charge in [-0.2, -0.15) is 0 Å². The number of imidazole rings is 1. The molecule has 2 heteroatoms. The Morgan fingerprint density at radius 1 is 1.75 bits per heavy atom. The van der Waals surface area contributed by atoms with Gasteiger partial charge in [-0.15, -0.1) is 0 Å². The lowest BCUT2D eigenvalue weighted by Crippen LogP contribution is -1.79. The first-order valence-corrected chi connectivity index (χ1v) is 2.91. The first-order valence-electron chi connectivity index (χ1n) is 2.91. The van der Waals surface area contributed by atoms with Crippen molar-refractivity contribution in [2.24, 2.45) is 0 Å². The van der Waals surface area contributed by atoms with Gasteiger partial charge in [-0.1, -0.05) is 13.3 Å². The van der Waals surface area contributed by atoms with E-state index in [0.29, 0.717) is 0 Å². The molecule has 0 amide bonds. The standard InChI is InChI=1S/C6H10N2/c1-2-3-6-4-7-5-8-6/h4-5H,2-3H2,1H3,(H,7,8). The SMILES string of the molecule is CCCc1c[nH]cn1. The van der Waals surface area contributed by atoms with Gasteiger partial charge >= 0.3 is 0 Å². The molecule has 0 aliphatic heterocycles. The van der Waals surface area contributed by atoms with Crippen molar-refractivity contribution in [3.63, 3.8) is 0 Å². The molecule has 2 nitrogen and oxygen atoms in total. The number of H-pyrrole nitrogens is 1. The summed E-state index contributed by atoms with van der Waals surface area (Å²) in [4.78, 5) is 6.95. The van der Waals surface area contributed by atoms with Crippen LogP contribution in [0.4, 0.5) is 0 Å². The third kappa shape index (κ3) is 1.09. The largest absolute Gasteiger partial charge is 0.351 e. The Bertz CT molecular complexity index is 132. The third-order valence-electron chi connectivity index (χ3n) is 1.06. The normalized spacial score (nSPS) is 9.62. The molecule has 0 fully saturated rings. The average molecular weight is 110 g/mol. The minimum absolute atomic E-state index is 1.09. The Labute approximate surface area is 49.0 Å². The Hall–Kier alpha value is -0.790. The van der Waals surface area contributed by atoms with Gasteiger partial charge < -0.3 is 4.98 Å². The van der Waals surface area contributed by atoms with Gasteiger partial charge in [0.05, 0.1) is 12.0 Å². The van der Waals surface area contributed by atoms with Crippen LogP contribution in [0.3, 0.4) is 0 Å². The summed E-state index contributed by atoms with van der Waals surface area (Å²) in [7, 11) is 0. The maximum Gasteiger partial charge on any atom is 0.0923 e. The van der Waals surface area contributed by atoms with Gasteiger partial charge in [0.25, 0.3) is 0 Å². The Morgan fingerprint density at radius 2 is 2.62 bits per heavy atom. The lowest BCUT2D eigenvalue weighted by atomic mass is 10.3. The van der Waals surface area contributed by atoms with E-state index in [1.165, 1.54) is 6.42 Å². The number of nitrogens with one attached hydrogen (secondary N) is 1. The van der Waals surface area contributed by atoms with Crippen LogP contribution in [0.5, 0.6) is 0 Å². The first-order chi connectivity index (χ1) is 3.93. The quantitative estimate of drug-likeness (QED) is 0.611. The van der Waals surface area contributed by atoms with Crippen molar-refractivity contribution in [3.05, 3.63) is 18.2 Å². The molecular formula is C6H10N2. The molecule has 1 aromatic rings. The van der Waals surface area contributed by atoms with Crippen LogP contribution in [0, 0.1) is 0 Å². The smallest absolute Gasteiger partial charge is 0.0923 e. The third-order valence-corrected chi connectivity index (χ3v) is 1.06. The second-order valence-corrected chi connectivity index (χ2v) is 1.81. The molecule has 8 heavy (non-hydrogen) atoms. The van der Waals surface area contributed by atoms with Gasteiger partial charge in [-0.3, -0.25) is 0 Å². The lowest BCUT2D eigenvalue weighted by Gasteiger charge is -1.84. The van der Waals surface area contributed by atoms with Crippen LogP contribution in [0.2, 0.25) is 0 Å². The highest BCUT2D eigenvalue weighted by Gasteiger charge is 1.87. The minimum atomic E-state index is 1.09. The van der Waals surface area contributed by atoms with Crippen LogP contribution < -0.4 is 0 Å². The molecule has 0 saturated heterocycles. The van der Waals surface area contributed by atoms with Crippen molar-refractivity contribution in [1.82, 2.24) is 9.97 Å². The van der Waals surface area contributed by atoms with Crippen molar-refractivity contribution in [3.8, 4) is 0 Å². The van der Waals surface area contributed by atoms with Gasteiger partial charge in [0.1, 0.15) is 0 Å². The van der Waals surface area contributed by atoms with E-state index in [0.717, 1.165) is 12.1 Å². The van der Waals surface area contributed by atoms with E-state index in [2.05, 4.69) is 16.9 Å². The fourth-order valence-electron chi connectivity index (χ4n) is 0.684. The van der Waals surface area contributed by atoms with Crippen molar-refractivity contribution < 1.29 is 0 Å². The summed E-state index contributed by atoms with van der Waals surface area (Å²) < 4.78 is 0.